The Kier molecular flexibility index (Phi) is 8.34. The zero-order valence-electron chi connectivity index (χ0n) is 14.6. The van der Waals surface area contributed by atoms with Crippen molar-refractivity contribution < 1.29 is 4.79 Å². The second-order valence-electron chi connectivity index (χ2n) is 6.44. The molecule has 0 saturated carbocycles. The van der Waals surface area contributed by atoms with Crippen molar-refractivity contribution in [2.45, 2.75) is 38.6 Å². The van der Waals surface area contributed by atoms with Gasteiger partial charge in [0.05, 0.1) is 0 Å². The van der Waals surface area contributed by atoms with Gasteiger partial charge < -0.3 is 15.1 Å². The minimum atomic E-state index is 0. The normalized spacial score (nSPS) is 17.8. The first-order valence-corrected chi connectivity index (χ1v) is 8.56. The van der Waals surface area contributed by atoms with E-state index in [0.717, 1.165) is 63.1 Å². The molecule has 1 N–H and O–H groups in total. The summed E-state index contributed by atoms with van der Waals surface area (Å²) < 4.78 is 0. The number of amides is 1. The molecule has 2 aliphatic heterocycles. The molecule has 1 aromatic rings. The molecule has 1 fully saturated rings. The number of nitrogens with one attached hydrogen (secondary N) is 1. The van der Waals surface area contributed by atoms with Crippen molar-refractivity contribution in [1.82, 2.24) is 9.80 Å². The van der Waals surface area contributed by atoms with Crippen molar-refractivity contribution in [3.8, 4) is 0 Å². The van der Waals surface area contributed by atoms with E-state index in [0.29, 0.717) is 6.04 Å². The van der Waals surface area contributed by atoms with Crippen LogP contribution in [-0.2, 0) is 6.42 Å². The average Bonchev–Trinajstić information content (AvgIpc) is 2.60. The fourth-order valence-corrected chi connectivity index (χ4v) is 3.69. The van der Waals surface area contributed by atoms with Gasteiger partial charge in [0.25, 0.3) is 5.91 Å². The first-order valence-electron chi connectivity index (χ1n) is 8.56. The summed E-state index contributed by atoms with van der Waals surface area (Å²) >= 11 is 0. The summed E-state index contributed by atoms with van der Waals surface area (Å²) in [5.41, 5.74) is 3.24. The first kappa shape index (κ1) is 21.1. The molecule has 0 bridgehead atoms. The van der Waals surface area contributed by atoms with Crippen LogP contribution in [-0.4, -0.2) is 55.0 Å². The average molecular weight is 374 g/mol. The topological polar surface area (TPSA) is 35.6 Å². The van der Waals surface area contributed by atoms with Gasteiger partial charge in [0.15, 0.2) is 0 Å². The fourth-order valence-electron chi connectivity index (χ4n) is 3.69. The number of nitrogens with zero attached hydrogens (tertiary/aromatic N) is 2. The highest BCUT2D eigenvalue weighted by molar-refractivity contribution is 5.97. The molecule has 24 heavy (non-hydrogen) atoms. The number of rotatable bonds is 3. The van der Waals surface area contributed by atoms with Crippen molar-refractivity contribution in [3.05, 3.63) is 29.3 Å². The maximum absolute atomic E-state index is 13.0. The number of anilines is 1. The van der Waals surface area contributed by atoms with Crippen LogP contribution in [0.4, 0.5) is 5.69 Å². The van der Waals surface area contributed by atoms with Crippen LogP contribution in [0, 0.1) is 0 Å². The molecule has 0 atom stereocenters. The first-order chi connectivity index (χ1) is 10.7. The largest absolute Gasteiger partial charge is 0.385 e. The third kappa shape index (κ3) is 4.35. The van der Waals surface area contributed by atoms with Gasteiger partial charge in [-0.3, -0.25) is 4.79 Å². The van der Waals surface area contributed by atoms with Gasteiger partial charge in [-0.15, -0.1) is 24.8 Å². The number of piperidine rings is 1. The Labute approximate surface area is 157 Å². The fraction of sp³-hybridized carbons (Fsp3) is 0.611. The van der Waals surface area contributed by atoms with Gasteiger partial charge in [0.1, 0.15) is 0 Å². The number of likely N-dealkylation sites (tertiary alicyclic amines) is 1. The molecule has 136 valence electrons. The highest BCUT2D eigenvalue weighted by atomic mass is 35.5. The molecular weight excluding hydrogens is 345 g/mol. The van der Waals surface area contributed by atoms with Gasteiger partial charge >= 0.3 is 0 Å². The van der Waals surface area contributed by atoms with Gasteiger partial charge in [0.2, 0.25) is 0 Å². The third-order valence-corrected chi connectivity index (χ3v) is 5.20. The number of fused-ring (bicyclic) bond motifs is 1. The highest BCUT2D eigenvalue weighted by Crippen LogP contribution is 2.27. The SMILES string of the molecule is CCN1CCC(N(C)C(=O)c2cccc3c2CCCN3)CC1.Cl.Cl. The summed E-state index contributed by atoms with van der Waals surface area (Å²) in [6.45, 7) is 6.54. The lowest BCUT2D eigenvalue weighted by atomic mass is 9.95. The number of halogens is 2. The van der Waals surface area contributed by atoms with Crippen LogP contribution in [0.25, 0.3) is 0 Å². The Bertz CT molecular complexity index is 545. The molecule has 3 rings (SSSR count). The monoisotopic (exact) mass is 373 g/mol. The van der Waals surface area contributed by atoms with Crippen LogP contribution in [0.1, 0.15) is 42.1 Å². The van der Waals surface area contributed by atoms with Gasteiger partial charge in [-0.2, -0.15) is 0 Å². The van der Waals surface area contributed by atoms with E-state index >= 15 is 0 Å². The number of hydrogen-bond acceptors (Lipinski definition) is 3. The molecule has 0 aliphatic carbocycles. The van der Waals surface area contributed by atoms with Gasteiger partial charge in [-0.1, -0.05) is 13.0 Å². The van der Waals surface area contributed by atoms with Crippen molar-refractivity contribution in [2.75, 3.05) is 38.5 Å². The van der Waals surface area contributed by atoms with E-state index in [2.05, 4.69) is 23.2 Å². The maximum Gasteiger partial charge on any atom is 0.254 e. The van der Waals surface area contributed by atoms with Gasteiger partial charge in [0, 0.05) is 44.0 Å². The Hall–Kier alpha value is -0.970. The smallest absolute Gasteiger partial charge is 0.254 e. The minimum Gasteiger partial charge on any atom is -0.385 e. The summed E-state index contributed by atoms with van der Waals surface area (Å²) in [4.78, 5) is 17.4. The predicted molar refractivity (Wildman–Crippen MR) is 105 cm³/mol. The van der Waals surface area contributed by atoms with Crippen LogP contribution in [0.2, 0.25) is 0 Å². The van der Waals surface area contributed by atoms with E-state index in [1.807, 2.05) is 24.1 Å². The molecule has 1 amide bonds. The van der Waals surface area contributed by atoms with E-state index in [-0.39, 0.29) is 30.7 Å². The highest BCUT2D eigenvalue weighted by Gasteiger charge is 2.27. The molecule has 0 spiro atoms. The second kappa shape index (κ2) is 9.50. The minimum absolute atomic E-state index is 0. The maximum atomic E-state index is 13.0. The van der Waals surface area contributed by atoms with E-state index in [1.54, 1.807) is 0 Å². The predicted octanol–water partition coefficient (Wildman–Crippen LogP) is 3.44. The van der Waals surface area contributed by atoms with Crippen LogP contribution >= 0.6 is 24.8 Å². The molecule has 0 aromatic heterocycles. The van der Waals surface area contributed by atoms with Crippen LogP contribution in [0.15, 0.2) is 18.2 Å². The van der Waals surface area contributed by atoms with Crippen LogP contribution < -0.4 is 5.32 Å². The third-order valence-electron chi connectivity index (χ3n) is 5.20. The molecule has 0 radical (unpaired) electrons. The molecule has 4 nitrogen and oxygen atoms in total. The Balaban J connectivity index is 0.00000144. The zero-order chi connectivity index (χ0) is 15.5. The Morgan fingerprint density at radius 3 is 2.67 bits per heavy atom. The van der Waals surface area contributed by atoms with Crippen LogP contribution in [0.5, 0.6) is 0 Å². The van der Waals surface area contributed by atoms with Crippen LogP contribution in [0.3, 0.4) is 0 Å². The van der Waals surface area contributed by atoms with Crippen molar-refractivity contribution in [1.29, 1.82) is 0 Å². The molecule has 0 unspecified atom stereocenters. The summed E-state index contributed by atoms with van der Waals surface area (Å²) in [5, 5.41) is 3.41. The second-order valence-corrected chi connectivity index (χ2v) is 6.44. The van der Waals surface area contributed by atoms with E-state index in [1.165, 1.54) is 5.56 Å². The summed E-state index contributed by atoms with van der Waals surface area (Å²) in [6.07, 6.45) is 4.29. The van der Waals surface area contributed by atoms with Crippen molar-refractivity contribution >= 4 is 36.4 Å². The lowest BCUT2D eigenvalue weighted by molar-refractivity contribution is 0.0645. The standard InChI is InChI=1S/C18H27N3O.2ClH/c1-3-21-12-9-14(10-13-21)20(2)18(22)16-6-4-8-17-15(16)7-5-11-19-17;;/h4,6,8,14,19H,3,5,7,9-13H2,1-2H3;2*1H. The zero-order valence-corrected chi connectivity index (χ0v) is 16.2. The van der Waals surface area contributed by atoms with E-state index in [4.69, 9.17) is 0 Å². The quantitative estimate of drug-likeness (QED) is 0.880. The molecule has 6 heteroatoms. The molecule has 1 saturated heterocycles. The molecular formula is C18H29Cl2N3O. The van der Waals surface area contributed by atoms with Gasteiger partial charge in [-0.05, 0) is 49.9 Å². The Morgan fingerprint density at radius 1 is 1.29 bits per heavy atom. The van der Waals surface area contributed by atoms with Crippen molar-refractivity contribution in [2.24, 2.45) is 0 Å². The summed E-state index contributed by atoms with van der Waals surface area (Å²) in [7, 11) is 1.98. The lowest BCUT2D eigenvalue weighted by Gasteiger charge is -2.36. The number of benzene rings is 1. The lowest BCUT2D eigenvalue weighted by Crippen LogP contribution is -2.45. The number of carbonyl (C=O) groups is 1. The number of carbonyl (C=O) groups excluding carboxylic acids is 1. The molecule has 2 aliphatic rings. The van der Waals surface area contributed by atoms with E-state index in [9.17, 15) is 4.79 Å². The van der Waals surface area contributed by atoms with Gasteiger partial charge in [-0.25, -0.2) is 0 Å². The number of hydrogen-bond donors (Lipinski definition) is 1. The molecule has 2 heterocycles. The van der Waals surface area contributed by atoms with E-state index < -0.39 is 0 Å². The summed E-state index contributed by atoms with van der Waals surface area (Å²) in [6, 6.07) is 6.46. The summed E-state index contributed by atoms with van der Waals surface area (Å²) in [5.74, 6) is 0.190. The van der Waals surface area contributed by atoms with Crippen molar-refractivity contribution in [3.63, 3.8) is 0 Å². The Morgan fingerprint density at radius 2 is 2.00 bits per heavy atom. The molecule has 1 aromatic carbocycles.